The number of carbonyl (C=O) groups excluding carboxylic acids is 2. The van der Waals surface area contributed by atoms with Crippen LogP contribution >= 0.6 is 0 Å². The summed E-state index contributed by atoms with van der Waals surface area (Å²) in [4.78, 5) is 36.2. The molecule has 10 nitrogen and oxygen atoms in total. The second kappa shape index (κ2) is 6.68. The van der Waals surface area contributed by atoms with E-state index in [-0.39, 0.29) is 30.5 Å². The zero-order valence-corrected chi connectivity index (χ0v) is 14.3. The van der Waals surface area contributed by atoms with Gasteiger partial charge in [-0.05, 0) is 24.3 Å². The van der Waals surface area contributed by atoms with Crippen molar-refractivity contribution in [3.63, 3.8) is 0 Å². The third-order valence-electron chi connectivity index (χ3n) is 4.48. The van der Waals surface area contributed by atoms with Crippen molar-refractivity contribution >= 4 is 34.8 Å². The lowest BCUT2D eigenvalue weighted by Crippen LogP contribution is -2.28. The van der Waals surface area contributed by atoms with Crippen LogP contribution in [-0.2, 0) is 9.59 Å². The van der Waals surface area contributed by atoms with Crippen LogP contribution in [0.25, 0.3) is 5.65 Å². The number of benzene rings is 1. The molecule has 3 heterocycles. The van der Waals surface area contributed by atoms with Gasteiger partial charge in [0.05, 0.1) is 16.5 Å². The number of carbonyl (C=O) groups is 2. The fourth-order valence-corrected chi connectivity index (χ4v) is 3.08. The second-order valence-corrected chi connectivity index (χ2v) is 6.24. The Morgan fingerprint density at radius 3 is 2.89 bits per heavy atom. The van der Waals surface area contributed by atoms with Gasteiger partial charge in [-0.25, -0.2) is 0 Å². The third-order valence-corrected chi connectivity index (χ3v) is 4.48. The van der Waals surface area contributed by atoms with Crippen LogP contribution in [0.15, 0.2) is 42.6 Å². The van der Waals surface area contributed by atoms with E-state index in [2.05, 4.69) is 15.5 Å². The number of halogens is 1. The molecule has 2 aromatic heterocycles. The van der Waals surface area contributed by atoms with E-state index in [1.807, 2.05) is 0 Å². The normalized spacial score (nSPS) is 16.5. The van der Waals surface area contributed by atoms with Gasteiger partial charge in [-0.3, -0.25) is 29.4 Å². The van der Waals surface area contributed by atoms with Crippen molar-refractivity contribution in [3.8, 4) is 0 Å². The first-order chi connectivity index (χ1) is 13.4. The number of amides is 2. The smallest absolute Gasteiger partial charge is 0.306 e. The molecular formula is C17H13FN6O4. The van der Waals surface area contributed by atoms with E-state index >= 15 is 0 Å². The standard InChI is InChI=1S/C17H13FN6O4/c18-12-5-4-11(8-13(12)24(27)28)23-9-10(7-15(23)25)16(26)19-17-21-20-14-3-1-2-6-22(14)17/h1-6,8,10H,7,9H2,(H,19,21,26). The molecule has 11 heteroatoms. The van der Waals surface area contributed by atoms with Gasteiger partial charge in [-0.15, -0.1) is 10.2 Å². The Bertz CT molecular complexity index is 1110. The maximum absolute atomic E-state index is 13.5. The summed E-state index contributed by atoms with van der Waals surface area (Å²) in [6.45, 7) is 0.0180. The molecule has 0 saturated carbocycles. The van der Waals surface area contributed by atoms with Gasteiger partial charge in [0.1, 0.15) is 0 Å². The molecule has 28 heavy (non-hydrogen) atoms. The Balaban J connectivity index is 1.52. The Labute approximate surface area is 156 Å². The lowest BCUT2D eigenvalue weighted by atomic mass is 10.1. The van der Waals surface area contributed by atoms with Crippen molar-refractivity contribution in [1.29, 1.82) is 0 Å². The lowest BCUT2D eigenvalue weighted by molar-refractivity contribution is -0.387. The molecule has 1 aliphatic heterocycles. The third kappa shape index (κ3) is 3.02. The minimum Gasteiger partial charge on any atom is -0.311 e. The van der Waals surface area contributed by atoms with Gasteiger partial charge in [0, 0.05) is 25.2 Å². The van der Waals surface area contributed by atoms with E-state index < -0.39 is 28.3 Å². The molecule has 0 spiro atoms. The molecule has 0 bridgehead atoms. The molecular weight excluding hydrogens is 371 g/mol. The van der Waals surface area contributed by atoms with Crippen LogP contribution in [-0.4, -0.2) is 37.9 Å². The Morgan fingerprint density at radius 1 is 1.29 bits per heavy atom. The number of nitrogens with one attached hydrogen (secondary N) is 1. The molecule has 1 aliphatic rings. The summed E-state index contributed by atoms with van der Waals surface area (Å²) in [6.07, 6.45) is 1.61. The van der Waals surface area contributed by atoms with Crippen LogP contribution in [0.1, 0.15) is 6.42 Å². The highest BCUT2D eigenvalue weighted by Gasteiger charge is 2.36. The summed E-state index contributed by atoms with van der Waals surface area (Å²) in [5.41, 5.74) is -0.00462. The van der Waals surface area contributed by atoms with Crippen molar-refractivity contribution in [2.75, 3.05) is 16.8 Å². The second-order valence-electron chi connectivity index (χ2n) is 6.24. The number of pyridine rings is 1. The first-order valence-electron chi connectivity index (χ1n) is 8.29. The van der Waals surface area contributed by atoms with E-state index in [1.165, 1.54) is 11.0 Å². The number of rotatable bonds is 4. The van der Waals surface area contributed by atoms with Gasteiger partial charge in [0.25, 0.3) is 0 Å². The molecule has 1 unspecified atom stereocenters. The van der Waals surface area contributed by atoms with Crippen molar-refractivity contribution in [2.24, 2.45) is 5.92 Å². The van der Waals surface area contributed by atoms with E-state index in [4.69, 9.17) is 0 Å². The van der Waals surface area contributed by atoms with Crippen molar-refractivity contribution in [3.05, 3.63) is 58.5 Å². The van der Waals surface area contributed by atoms with E-state index in [9.17, 15) is 24.1 Å². The maximum atomic E-state index is 13.5. The van der Waals surface area contributed by atoms with Crippen LogP contribution in [0, 0.1) is 21.8 Å². The fraction of sp³-hybridized carbons (Fsp3) is 0.176. The summed E-state index contributed by atoms with van der Waals surface area (Å²) in [7, 11) is 0. The quantitative estimate of drug-likeness (QED) is 0.540. The van der Waals surface area contributed by atoms with Crippen molar-refractivity contribution in [2.45, 2.75) is 6.42 Å². The number of aromatic nitrogens is 3. The molecule has 1 saturated heterocycles. The lowest BCUT2D eigenvalue weighted by Gasteiger charge is -2.16. The predicted molar refractivity (Wildman–Crippen MR) is 95.1 cm³/mol. The summed E-state index contributed by atoms with van der Waals surface area (Å²) >= 11 is 0. The summed E-state index contributed by atoms with van der Waals surface area (Å²) in [6, 6.07) is 8.45. The van der Waals surface area contributed by atoms with E-state index in [0.29, 0.717) is 5.65 Å². The summed E-state index contributed by atoms with van der Waals surface area (Å²) in [5, 5.41) is 21.4. The highest BCUT2D eigenvalue weighted by molar-refractivity contribution is 6.03. The molecule has 0 radical (unpaired) electrons. The molecule has 2 amide bonds. The van der Waals surface area contributed by atoms with E-state index in [0.717, 1.165) is 12.1 Å². The van der Waals surface area contributed by atoms with E-state index in [1.54, 1.807) is 28.8 Å². The number of anilines is 2. The number of hydrogen-bond donors (Lipinski definition) is 1. The number of nitro benzene ring substituents is 1. The highest BCUT2D eigenvalue weighted by Crippen LogP contribution is 2.30. The molecule has 1 fully saturated rings. The number of nitrogens with zero attached hydrogens (tertiary/aromatic N) is 5. The van der Waals surface area contributed by atoms with Gasteiger partial charge >= 0.3 is 5.69 Å². The van der Waals surface area contributed by atoms with Crippen LogP contribution in [0.3, 0.4) is 0 Å². The van der Waals surface area contributed by atoms with Crippen LogP contribution < -0.4 is 10.2 Å². The molecule has 4 rings (SSSR count). The van der Waals surface area contributed by atoms with Gasteiger partial charge in [0.15, 0.2) is 5.65 Å². The predicted octanol–water partition coefficient (Wildman–Crippen LogP) is 1.77. The number of fused-ring (bicyclic) bond motifs is 1. The average Bonchev–Trinajstić information content (AvgIpc) is 3.26. The highest BCUT2D eigenvalue weighted by atomic mass is 19.1. The molecule has 1 aromatic carbocycles. The molecule has 3 aromatic rings. The zero-order valence-electron chi connectivity index (χ0n) is 14.3. The first kappa shape index (κ1) is 17.5. The molecule has 1 atom stereocenters. The summed E-state index contributed by atoms with van der Waals surface area (Å²) < 4.78 is 15.1. The first-order valence-corrected chi connectivity index (χ1v) is 8.29. The van der Waals surface area contributed by atoms with Gasteiger partial charge < -0.3 is 4.90 Å². The zero-order chi connectivity index (χ0) is 19.8. The molecule has 0 aliphatic carbocycles. The summed E-state index contributed by atoms with van der Waals surface area (Å²) in [5.74, 6) is -2.26. The SMILES string of the molecule is O=C(Nc1nnc2ccccn12)C1CC(=O)N(c2ccc(F)c([N+](=O)[O-])c2)C1. The monoisotopic (exact) mass is 384 g/mol. The van der Waals surface area contributed by atoms with Gasteiger partial charge in [-0.2, -0.15) is 4.39 Å². The van der Waals surface area contributed by atoms with Gasteiger partial charge in [0.2, 0.25) is 23.6 Å². The Kier molecular flexibility index (Phi) is 4.18. The van der Waals surface area contributed by atoms with Crippen LogP contribution in [0.4, 0.5) is 21.7 Å². The van der Waals surface area contributed by atoms with Crippen LogP contribution in [0.2, 0.25) is 0 Å². The minimum atomic E-state index is -0.992. The largest absolute Gasteiger partial charge is 0.311 e. The van der Waals surface area contributed by atoms with Crippen molar-refractivity contribution in [1.82, 2.24) is 14.6 Å². The Hall–Kier alpha value is -3.89. The van der Waals surface area contributed by atoms with Crippen LogP contribution in [0.5, 0.6) is 0 Å². The number of nitro groups is 1. The maximum Gasteiger partial charge on any atom is 0.306 e. The van der Waals surface area contributed by atoms with Gasteiger partial charge in [-0.1, -0.05) is 6.07 Å². The fourth-order valence-electron chi connectivity index (χ4n) is 3.08. The average molecular weight is 384 g/mol. The molecule has 142 valence electrons. The number of hydrogen-bond acceptors (Lipinski definition) is 6. The topological polar surface area (TPSA) is 123 Å². The van der Waals surface area contributed by atoms with Crippen molar-refractivity contribution < 1.29 is 18.9 Å². The Morgan fingerprint density at radius 2 is 2.11 bits per heavy atom. The molecule has 1 N–H and O–H groups in total. The minimum absolute atomic E-state index is 0.0180.